The van der Waals surface area contributed by atoms with Gasteiger partial charge in [0.25, 0.3) is 0 Å². The Kier molecular flexibility index (Phi) is 7.35. The molecule has 2 aliphatic carbocycles. The lowest BCUT2D eigenvalue weighted by atomic mass is 9.93. The summed E-state index contributed by atoms with van der Waals surface area (Å²) < 4.78 is 0. The molecule has 1 unspecified atom stereocenters. The van der Waals surface area contributed by atoms with Crippen molar-refractivity contribution in [2.45, 2.75) is 76.3 Å². The Bertz CT molecular complexity index is 424. The van der Waals surface area contributed by atoms with E-state index in [-0.39, 0.29) is 30.3 Å². The first-order chi connectivity index (χ1) is 11.1. The molecule has 3 atom stereocenters. The normalized spacial score (nSPS) is 30.4. The van der Waals surface area contributed by atoms with E-state index in [0.29, 0.717) is 30.7 Å². The molecule has 6 heteroatoms. The number of piperidine rings is 1. The molecule has 138 valence electrons. The molecule has 3 aliphatic rings. The summed E-state index contributed by atoms with van der Waals surface area (Å²) in [5.74, 6) is 1.11. The van der Waals surface area contributed by atoms with Crippen molar-refractivity contribution in [3.63, 3.8) is 0 Å². The average Bonchev–Trinajstić information content (AvgIpc) is 2.79. The van der Waals surface area contributed by atoms with E-state index in [9.17, 15) is 9.59 Å². The molecule has 3 fully saturated rings. The molecule has 5 nitrogen and oxygen atoms in total. The number of nitrogens with zero attached hydrogens (tertiary/aromatic N) is 1. The van der Waals surface area contributed by atoms with Gasteiger partial charge in [0, 0.05) is 38.0 Å². The summed E-state index contributed by atoms with van der Waals surface area (Å²) >= 11 is 0. The standard InChI is InChI=1S/C18H31N3O2.ClH/c19-18-13-7-8-14(18)12-21(11-13)17(23)10-9-16(22)20-15-5-3-1-2-4-6-15;/h13-15,18H,1-12,19H2,(H,20,22);1H/t13-,14+,18?;. The maximum Gasteiger partial charge on any atom is 0.223 e. The summed E-state index contributed by atoms with van der Waals surface area (Å²) in [5, 5.41) is 3.12. The predicted molar refractivity (Wildman–Crippen MR) is 96.9 cm³/mol. The van der Waals surface area contributed by atoms with Crippen molar-refractivity contribution in [3.8, 4) is 0 Å². The van der Waals surface area contributed by atoms with Crippen LogP contribution in [0.15, 0.2) is 0 Å². The lowest BCUT2D eigenvalue weighted by Crippen LogP contribution is -2.50. The maximum atomic E-state index is 12.4. The van der Waals surface area contributed by atoms with Gasteiger partial charge in [-0.05, 0) is 37.5 Å². The van der Waals surface area contributed by atoms with E-state index in [1.807, 2.05) is 4.90 Å². The molecule has 2 bridgehead atoms. The summed E-state index contributed by atoms with van der Waals surface area (Å²) in [4.78, 5) is 26.4. The minimum absolute atomic E-state index is 0. The molecule has 1 heterocycles. The highest BCUT2D eigenvalue weighted by Crippen LogP contribution is 2.35. The predicted octanol–water partition coefficient (Wildman–Crippen LogP) is 2.22. The fourth-order valence-electron chi connectivity index (χ4n) is 4.57. The third kappa shape index (κ3) is 4.85. The SMILES string of the molecule is Cl.NC1[C@@H]2CC[C@H]1CN(C(=O)CCC(=O)NC1CCCCCC1)C2. The molecule has 3 N–H and O–H groups in total. The summed E-state index contributed by atoms with van der Waals surface area (Å²) in [5.41, 5.74) is 6.18. The van der Waals surface area contributed by atoms with Gasteiger partial charge in [-0.15, -0.1) is 12.4 Å². The average molecular weight is 358 g/mol. The van der Waals surface area contributed by atoms with Crippen LogP contribution < -0.4 is 11.1 Å². The number of carbonyl (C=O) groups is 2. The van der Waals surface area contributed by atoms with Gasteiger partial charge in [0.1, 0.15) is 0 Å². The van der Waals surface area contributed by atoms with Crippen molar-refractivity contribution in [1.29, 1.82) is 0 Å². The van der Waals surface area contributed by atoms with E-state index in [1.54, 1.807) is 0 Å². The largest absolute Gasteiger partial charge is 0.353 e. The molecule has 0 aromatic carbocycles. The molecule has 0 aromatic rings. The number of nitrogens with one attached hydrogen (secondary N) is 1. The first-order valence-corrected chi connectivity index (χ1v) is 9.46. The number of likely N-dealkylation sites (tertiary alicyclic amines) is 1. The highest BCUT2D eigenvalue weighted by molar-refractivity contribution is 5.85. The van der Waals surface area contributed by atoms with Crippen LogP contribution in [-0.4, -0.2) is 41.9 Å². The van der Waals surface area contributed by atoms with E-state index >= 15 is 0 Å². The monoisotopic (exact) mass is 357 g/mol. The van der Waals surface area contributed by atoms with Crippen molar-refractivity contribution in [2.75, 3.05) is 13.1 Å². The van der Waals surface area contributed by atoms with E-state index in [2.05, 4.69) is 5.32 Å². The number of rotatable bonds is 4. The molecule has 0 radical (unpaired) electrons. The molecule has 3 rings (SSSR count). The molecule has 24 heavy (non-hydrogen) atoms. The van der Waals surface area contributed by atoms with E-state index < -0.39 is 0 Å². The summed E-state index contributed by atoms with van der Waals surface area (Å²) in [7, 11) is 0. The smallest absolute Gasteiger partial charge is 0.223 e. The lowest BCUT2D eigenvalue weighted by Gasteiger charge is -2.36. The quantitative estimate of drug-likeness (QED) is 0.757. The van der Waals surface area contributed by atoms with Crippen LogP contribution in [0, 0.1) is 11.8 Å². The van der Waals surface area contributed by atoms with Crippen molar-refractivity contribution < 1.29 is 9.59 Å². The van der Waals surface area contributed by atoms with Gasteiger partial charge in [0.15, 0.2) is 0 Å². The number of carbonyl (C=O) groups excluding carboxylic acids is 2. The van der Waals surface area contributed by atoms with Gasteiger partial charge < -0.3 is 16.0 Å². The zero-order valence-electron chi connectivity index (χ0n) is 14.5. The van der Waals surface area contributed by atoms with Crippen molar-refractivity contribution in [2.24, 2.45) is 17.6 Å². The molecule has 2 amide bonds. The zero-order valence-corrected chi connectivity index (χ0v) is 15.4. The van der Waals surface area contributed by atoms with Crippen molar-refractivity contribution >= 4 is 24.2 Å². The van der Waals surface area contributed by atoms with Crippen LogP contribution in [0.5, 0.6) is 0 Å². The van der Waals surface area contributed by atoms with Crippen molar-refractivity contribution in [3.05, 3.63) is 0 Å². The second-order valence-electron chi connectivity index (χ2n) is 7.73. The van der Waals surface area contributed by atoms with Gasteiger partial charge in [-0.25, -0.2) is 0 Å². The molecular weight excluding hydrogens is 326 g/mol. The summed E-state index contributed by atoms with van der Waals surface area (Å²) in [6, 6.07) is 0.599. The van der Waals surface area contributed by atoms with Gasteiger partial charge in [0.05, 0.1) is 0 Å². The van der Waals surface area contributed by atoms with E-state index in [0.717, 1.165) is 38.8 Å². The minimum atomic E-state index is 0. The third-order valence-corrected chi connectivity index (χ3v) is 6.05. The molecule has 0 spiro atoms. The minimum Gasteiger partial charge on any atom is -0.353 e. The van der Waals surface area contributed by atoms with E-state index in [1.165, 1.54) is 25.7 Å². The van der Waals surface area contributed by atoms with Crippen molar-refractivity contribution in [1.82, 2.24) is 10.2 Å². The molecule has 1 saturated heterocycles. The zero-order chi connectivity index (χ0) is 16.2. The Labute approximate surface area is 151 Å². The summed E-state index contributed by atoms with van der Waals surface area (Å²) in [6.07, 6.45) is 10.1. The molecular formula is C18H32ClN3O2. The Hall–Kier alpha value is -0.810. The Morgan fingerprint density at radius 1 is 0.917 bits per heavy atom. The number of hydrogen-bond donors (Lipinski definition) is 2. The topological polar surface area (TPSA) is 75.4 Å². The number of fused-ring (bicyclic) bond motifs is 2. The maximum absolute atomic E-state index is 12.4. The van der Waals surface area contributed by atoms with Crippen LogP contribution >= 0.6 is 12.4 Å². The van der Waals surface area contributed by atoms with Gasteiger partial charge in [0.2, 0.25) is 11.8 Å². The number of nitrogens with two attached hydrogens (primary N) is 1. The fourth-order valence-corrected chi connectivity index (χ4v) is 4.57. The van der Waals surface area contributed by atoms with Gasteiger partial charge >= 0.3 is 0 Å². The lowest BCUT2D eigenvalue weighted by molar-refractivity contribution is -0.135. The summed E-state index contributed by atoms with van der Waals surface area (Å²) in [6.45, 7) is 1.58. The van der Waals surface area contributed by atoms with Crippen LogP contribution in [0.3, 0.4) is 0 Å². The fraction of sp³-hybridized carbons (Fsp3) is 0.889. The molecule has 2 saturated carbocycles. The Morgan fingerprint density at radius 2 is 1.50 bits per heavy atom. The van der Waals surface area contributed by atoms with Crippen LogP contribution in [0.1, 0.15) is 64.2 Å². The second-order valence-corrected chi connectivity index (χ2v) is 7.73. The van der Waals surface area contributed by atoms with E-state index in [4.69, 9.17) is 5.73 Å². The van der Waals surface area contributed by atoms with Crippen LogP contribution in [0.25, 0.3) is 0 Å². The van der Waals surface area contributed by atoms with Crippen LogP contribution in [0.4, 0.5) is 0 Å². The number of amides is 2. The number of halogens is 1. The van der Waals surface area contributed by atoms with Gasteiger partial charge in [-0.1, -0.05) is 25.7 Å². The van der Waals surface area contributed by atoms with Crippen LogP contribution in [0.2, 0.25) is 0 Å². The van der Waals surface area contributed by atoms with Gasteiger partial charge in [-0.2, -0.15) is 0 Å². The first kappa shape index (κ1) is 19.5. The second kappa shape index (κ2) is 9.04. The highest BCUT2D eigenvalue weighted by atomic mass is 35.5. The Morgan fingerprint density at radius 3 is 2.08 bits per heavy atom. The Balaban J connectivity index is 0.00000208. The van der Waals surface area contributed by atoms with Crippen LogP contribution in [-0.2, 0) is 9.59 Å². The number of hydrogen-bond acceptors (Lipinski definition) is 3. The molecule has 1 aliphatic heterocycles. The third-order valence-electron chi connectivity index (χ3n) is 6.05. The first-order valence-electron chi connectivity index (χ1n) is 9.46. The molecule has 0 aromatic heterocycles. The van der Waals surface area contributed by atoms with Gasteiger partial charge in [-0.3, -0.25) is 9.59 Å². The highest BCUT2D eigenvalue weighted by Gasteiger charge is 2.41.